The molecule has 2 rings (SSSR count). The van der Waals surface area contributed by atoms with Crippen LogP contribution in [0.15, 0.2) is 6.07 Å². The molecule has 5 nitrogen and oxygen atoms in total. The number of esters is 1. The van der Waals surface area contributed by atoms with Crippen molar-refractivity contribution < 1.29 is 22.7 Å². The molecule has 0 aliphatic heterocycles. The van der Waals surface area contributed by atoms with E-state index in [2.05, 4.69) is 10.2 Å². The molecule has 0 spiro atoms. The second kappa shape index (κ2) is 5.59. The highest BCUT2D eigenvalue weighted by molar-refractivity contribution is 5.75. The average molecular weight is 303 g/mol. The Morgan fingerprint density at radius 2 is 2.14 bits per heavy atom. The fraction of sp³-hybridized carbons (Fsp3) is 0.615. The lowest BCUT2D eigenvalue weighted by atomic mass is 9.86. The number of hydrogen-bond acceptors (Lipinski definition) is 5. The van der Waals surface area contributed by atoms with Gasteiger partial charge in [-0.05, 0) is 31.7 Å². The summed E-state index contributed by atoms with van der Waals surface area (Å²) in [4.78, 5) is 11.6. The number of rotatable bonds is 2. The maximum absolute atomic E-state index is 12.7. The first-order valence-corrected chi connectivity index (χ1v) is 6.58. The van der Waals surface area contributed by atoms with Gasteiger partial charge in [0.05, 0.1) is 5.69 Å². The molecule has 1 heterocycles. The largest absolute Gasteiger partial charge is 0.456 e. The van der Waals surface area contributed by atoms with Crippen molar-refractivity contribution in [2.75, 3.05) is 0 Å². The fourth-order valence-corrected chi connectivity index (χ4v) is 2.27. The first-order chi connectivity index (χ1) is 9.68. The number of carbonyl (C=O) groups is 1. The summed E-state index contributed by atoms with van der Waals surface area (Å²) >= 11 is 0. The number of nitrogens with two attached hydrogens (primary N) is 1. The molecule has 0 saturated carbocycles. The standard InChI is InChI=1S/C13H16F3N3O2/c1-6-3-9-8(5-11(19-18-9)13(14,15)16)10(4-6)21-12(20)7(2)17/h5-7,10H,3-4,17H2,1-2H3/t6?,7-,10?/m0/s1. The molecule has 0 aromatic carbocycles. The van der Waals surface area contributed by atoms with Crippen LogP contribution in [0.4, 0.5) is 13.2 Å². The summed E-state index contributed by atoms with van der Waals surface area (Å²) in [6, 6.07) is 0.0791. The molecule has 0 saturated heterocycles. The topological polar surface area (TPSA) is 78.1 Å². The van der Waals surface area contributed by atoms with Crippen LogP contribution < -0.4 is 5.73 Å². The molecule has 2 N–H and O–H groups in total. The summed E-state index contributed by atoms with van der Waals surface area (Å²) in [5.41, 5.74) is 5.04. The highest BCUT2D eigenvalue weighted by atomic mass is 19.4. The van der Waals surface area contributed by atoms with Gasteiger partial charge in [-0.15, -0.1) is 5.10 Å². The van der Waals surface area contributed by atoms with Crippen molar-refractivity contribution in [2.45, 2.75) is 45.0 Å². The first kappa shape index (κ1) is 15.7. The molecular weight excluding hydrogens is 287 g/mol. The average Bonchev–Trinajstić information content (AvgIpc) is 2.36. The fourth-order valence-electron chi connectivity index (χ4n) is 2.27. The van der Waals surface area contributed by atoms with Crippen LogP contribution in [-0.2, 0) is 22.1 Å². The highest BCUT2D eigenvalue weighted by Gasteiger charge is 2.37. The maximum Gasteiger partial charge on any atom is 0.435 e. The van der Waals surface area contributed by atoms with Gasteiger partial charge in [0.1, 0.15) is 12.1 Å². The summed E-state index contributed by atoms with van der Waals surface area (Å²) in [6.45, 7) is 3.37. The quantitative estimate of drug-likeness (QED) is 0.846. The van der Waals surface area contributed by atoms with E-state index in [-0.39, 0.29) is 11.5 Å². The zero-order chi connectivity index (χ0) is 15.8. The minimum absolute atomic E-state index is 0.134. The van der Waals surface area contributed by atoms with Crippen molar-refractivity contribution in [2.24, 2.45) is 11.7 Å². The molecule has 116 valence electrons. The molecule has 0 amide bonds. The highest BCUT2D eigenvalue weighted by Crippen LogP contribution is 2.37. The van der Waals surface area contributed by atoms with Crippen LogP contribution in [-0.4, -0.2) is 22.2 Å². The summed E-state index contributed by atoms with van der Waals surface area (Å²) in [5.74, 6) is -0.514. The van der Waals surface area contributed by atoms with Gasteiger partial charge in [-0.2, -0.15) is 18.3 Å². The van der Waals surface area contributed by atoms with Crippen molar-refractivity contribution >= 4 is 5.97 Å². The maximum atomic E-state index is 12.7. The minimum atomic E-state index is -4.58. The zero-order valence-corrected chi connectivity index (χ0v) is 11.6. The molecule has 0 radical (unpaired) electrons. The smallest absolute Gasteiger partial charge is 0.435 e. The Kier molecular flexibility index (Phi) is 4.18. The Labute approximate surface area is 119 Å². The third kappa shape index (κ3) is 3.49. The van der Waals surface area contributed by atoms with Gasteiger partial charge in [0.15, 0.2) is 5.69 Å². The summed E-state index contributed by atoms with van der Waals surface area (Å²) in [5, 5.41) is 6.85. The molecule has 1 aromatic rings. The van der Waals surface area contributed by atoms with Gasteiger partial charge in [-0.3, -0.25) is 4.79 Å². The normalized spacial score (nSPS) is 23.3. The molecule has 0 fully saturated rings. The Bertz CT molecular complexity index is 546. The van der Waals surface area contributed by atoms with E-state index in [1.165, 1.54) is 6.92 Å². The van der Waals surface area contributed by atoms with Crippen molar-refractivity contribution in [3.05, 3.63) is 23.0 Å². The second-order valence-electron chi connectivity index (χ2n) is 5.39. The number of alkyl halides is 3. The van der Waals surface area contributed by atoms with E-state index in [0.29, 0.717) is 18.5 Å². The number of carbonyl (C=O) groups excluding carboxylic acids is 1. The Balaban J connectivity index is 2.36. The van der Waals surface area contributed by atoms with E-state index < -0.39 is 30.0 Å². The van der Waals surface area contributed by atoms with Crippen LogP contribution in [0.1, 0.15) is 43.3 Å². The van der Waals surface area contributed by atoms with E-state index in [9.17, 15) is 18.0 Å². The molecule has 2 unspecified atom stereocenters. The van der Waals surface area contributed by atoms with E-state index in [1.807, 2.05) is 6.92 Å². The first-order valence-electron chi connectivity index (χ1n) is 6.58. The van der Waals surface area contributed by atoms with Crippen LogP contribution in [0.5, 0.6) is 0 Å². The van der Waals surface area contributed by atoms with Gasteiger partial charge >= 0.3 is 12.1 Å². The Hall–Kier alpha value is -1.70. The van der Waals surface area contributed by atoms with Crippen molar-refractivity contribution in [3.8, 4) is 0 Å². The van der Waals surface area contributed by atoms with Crippen LogP contribution >= 0.6 is 0 Å². The SMILES string of the molecule is CC1Cc2nnc(C(F)(F)F)cc2C(OC(=O)[C@H](C)N)C1. The van der Waals surface area contributed by atoms with E-state index in [1.54, 1.807) is 0 Å². The van der Waals surface area contributed by atoms with Crippen molar-refractivity contribution in [1.82, 2.24) is 10.2 Å². The van der Waals surface area contributed by atoms with Crippen LogP contribution in [0.3, 0.4) is 0 Å². The molecule has 8 heteroatoms. The number of fused-ring (bicyclic) bond motifs is 1. The third-order valence-corrected chi connectivity index (χ3v) is 3.33. The molecular formula is C13H16F3N3O2. The van der Waals surface area contributed by atoms with E-state index in [0.717, 1.165) is 6.07 Å². The lowest BCUT2D eigenvalue weighted by molar-refractivity contribution is -0.152. The second-order valence-corrected chi connectivity index (χ2v) is 5.39. The summed E-state index contributed by atoms with van der Waals surface area (Å²) < 4.78 is 43.4. The number of nitrogens with zero attached hydrogens (tertiary/aromatic N) is 2. The number of halogens is 3. The van der Waals surface area contributed by atoms with E-state index >= 15 is 0 Å². The summed E-state index contributed by atoms with van der Waals surface area (Å²) in [6.07, 6.45) is -4.40. The van der Waals surface area contributed by atoms with Gasteiger partial charge in [0, 0.05) is 5.56 Å². The van der Waals surface area contributed by atoms with Gasteiger partial charge < -0.3 is 10.5 Å². The molecule has 21 heavy (non-hydrogen) atoms. The number of hydrogen-bond donors (Lipinski definition) is 1. The summed E-state index contributed by atoms with van der Waals surface area (Å²) in [7, 11) is 0. The van der Waals surface area contributed by atoms with Crippen LogP contribution in [0.25, 0.3) is 0 Å². The van der Waals surface area contributed by atoms with Gasteiger partial charge in [-0.1, -0.05) is 6.92 Å². The monoisotopic (exact) mass is 303 g/mol. The third-order valence-electron chi connectivity index (χ3n) is 3.33. The minimum Gasteiger partial charge on any atom is -0.456 e. The predicted molar refractivity (Wildman–Crippen MR) is 67.0 cm³/mol. The molecule has 3 atom stereocenters. The van der Waals surface area contributed by atoms with Crippen LogP contribution in [0, 0.1) is 5.92 Å². The van der Waals surface area contributed by atoms with Gasteiger partial charge in [0.2, 0.25) is 0 Å². The van der Waals surface area contributed by atoms with Crippen molar-refractivity contribution in [1.29, 1.82) is 0 Å². The predicted octanol–water partition coefficient (Wildman–Crippen LogP) is 2.01. The molecule has 1 aliphatic rings. The molecule has 1 aliphatic carbocycles. The van der Waals surface area contributed by atoms with Gasteiger partial charge in [0.25, 0.3) is 0 Å². The molecule has 0 bridgehead atoms. The Morgan fingerprint density at radius 3 is 2.71 bits per heavy atom. The number of ether oxygens (including phenoxy) is 1. The zero-order valence-electron chi connectivity index (χ0n) is 11.6. The molecule has 1 aromatic heterocycles. The Morgan fingerprint density at radius 1 is 1.48 bits per heavy atom. The van der Waals surface area contributed by atoms with E-state index in [4.69, 9.17) is 10.5 Å². The van der Waals surface area contributed by atoms with Gasteiger partial charge in [-0.25, -0.2) is 0 Å². The number of aromatic nitrogens is 2. The van der Waals surface area contributed by atoms with Crippen LogP contribution in [0.2, 0.25) is 0 Å². The lowest BCUT2D eigenvalue weighted by Gasteiger charge is -2.29. The lowest BCUT2D eigenvalue weighted by Crippen LogP contribution is -2.32. The van der Waals surface area contributed by atoms with Crippen molar-refractivity contribution in [3.63, 3.8) is 0 Å².